The number of anilines is 1. The van der Waals surface area contributed by atoms with E-state index in [1.807, 2.05) is 149 Å². The Morgan fingerprint density at radius 2 is 1.00 bits per heavy atom. The molecule has 0 aliphatic carbocycles. The molecule has 8 N–H and O–H groups in total. The Morgan fingerprint density at radius 1 is 0.553 bits per heavy atom. The minimum Gasteiger partial charge on any atom is -0.477 e. The van der Waals surface area contributed by atoms with Crippen molar-refractivity contribution in [2.24, 2.45) is 5.73 Å². The van der Waals surface area contributed by atoms with Crippen LogP contribution < -0.4 is 16.8 Å². The summed E-state index contributed by atoms with van der Waals surface area (Å²) in [5.41, 5.74) is 21.5. The van der Waals surface area contributed by atoms with Crippen LogP contribution in [0.3, 0.4) is 0 Å². The Kier molecular flexibility index (Phi) is 22.3. The van der Waals surface area contributed by atoms with Gasteiger partial charge in [0, 0.05) is 78.8 Å². The van der Waals surface area contributed by atoms with Crippen LogP contribution in [0.4, 0.5) is 5.82 Å². The maximum absolute atomic E-state index is 12.4. The molecule has 0 atom stereocenters. The molecular weight excluding hydrogens is 1080 g/mol. The van der Waals surface area contributed by atoms with Gasteiger partial charge in [-0.25, -0.2) is 43.5 Å². The van der Waals surface area contributed by atoms with Crippen molar-refractivity contribution in [1.29, 1.82) is 0 Å². The molecule has 8 heterocycles. The lowest BCUT2D eigenvalue weighted by Gasteiger charge is -2.10. The van der Waals surface area contributed by atoms with Gasteiger partial charge in [0.05, 0.1) is 35.7 Å². The molecule has 0 bridgehead atoms. The van der Waals surface area contributed by atoms with Gasteiger partial charge in [0.25, 0.3) is 5.91 Å². The highest BCUT2D eigenvalue weighted by molar-refractivity contribution is 5.93. The second kappa shape index (κ2) is 30.7. The maximum atomic E-state index is 12.4. The number of aromatic amines is 1. The van der Waals surface area contributed by atoms with Gasteiger partial charge in [0.2, 0.25) is 0 Å². The maximum Gasteiger partial charge on any atom is 0.354 e. The summed E-state index contributed by atoms with van der Waals surface area (Å²) >= 11 is 0. The number of hydrogen-bond acceptors (Lipinski definition) is 17. The Balaban J connectivity index is 0.000000165. The number of aromatic nitrogens is 11. The molecule has 11 aromatic rings. The van der Waals surface area contributed by atoms with Crippen molar-refractivity contribution in [3.63, 3.8) is 0 Å². The summed E-state index contributed by atoms with van der Waals surface area (Å²) in [7, 11) is 7.94. The number of aldehydes is 2. The Morgan fingerprint density at radius 3 is 1.42 bits per heavy atom. The third-order valence-electron chi connectivity index (χ3n) is 12.2. The number of nitrogens with two attached hydrogens (primary N) is 2. The van der Waals surface area contributed by atoms with Gasteiger partial charge in [-0.1, -0.05) is 109 Å². The van der Waals surface area contributed by atoms with Gasteiger partial charge in [-0.15, -0.1) is 0 Å². The number of hydrogen-bond donors (Lipinski definition) is 6. The minimum absolute atomic E-state index is 0.00182. The van der Waals surface area contributed by atoms with E-state index in [2.05, 4.69) is 55.5 Å². The number of nitrogens with zero attached hydrogens (tertiary/aromatic N) is 12. The number of fused-ring (bicyclic) bond motifs is 2. The van der Waals surface area contributed by atoms with Crippen LogP contribution in [0.5, 0.6) is 0 Å². The van der Waals surface area contributed by atoms with Crippen LogP contribution in [0.15, 0.2) is 189 Å². The van der Waals surface area contributed by atoms with Crippen molar-refractivity contribution in [2.75, 3.05) is 60.1 Å². The largest absolute Gasteiger partial charge is 0.477 e. The van der Waals surface area contributed by atoms with Crippen molar-refractivity contribution in [3.8, 4) is 55.9 Å². The van der Waals surface area contributed by atoms with E-state index < -0.39 is 17.9 Å². The van der Waals surface area contributed by atoms with Gasteiger partial charge in [-0.2, -0.15) is 15.3 Å². The molecular formula is C62H62N16O7. The predicted molar refractivity (Wildman–Crippen MR) is 323 cm³/mol. The van der Waals surface area contributed by atoms with E-state index in [4.69, 9.17) is 21.7 Å². The normalized spacial score (nSPS) is 10.6. The average molecular weight is 1140 g/mol. The molecule has 0 fully saturated rings. The highest BCUT2D eigenvalue weighted by atomic mass is 16.4. The lowest BCUT2D eigenvalue weighted by molar-refractivity contribution is -0.116. The molecule has 23 nitrogen and oxygen atoms in total. The zero-order valence-corrected chi connectivity index (χ0v) is 46.9. The monoisotopic (exact) mass is 1140 g/mol. The minimum atomic E-state index is -1.19. The number of likely N-dealkylation sites (N-methyl/N-ethyl adjacent to an activating group) is 2. The van der Waals surface area contributed by atoms with Crippen molar-refractivity contribution in [3.05, 3.63) is 212 Å². The molecule has 0 unspecified atom stereocenters. The number of benzene rings is 3. The number of carboxylic acids is 2. The van der Waals surface area contributed by atoms with Gasteiger partial charge in [0.1, 0.15) is 41.4 Å². The second-order valence-corrected chi connectivity index (χ2v) is 19.0. The van der Waals surface area contributed by atoms with Crippen molar-refractivity contribution in [2.45, 2.75) is 5.92 Å². The number of nitrogens with one attached hydrogen (secondary N) is 2. The number of carbonyl (C=O) groups excluding carboxylic acids is 3. The summed E-state index contributed by atoms with van der Waals surface area (Å²) in [4.78, 5) is 80.2. The van der Waals surface area contributed by atoms with Crippen LogP contribution in [-0.2, 0) is 9.59 Å². The number of rotatable bonds is 16. The van der Waals surface area contributed by atoms with Crippen LogP contribution in [0.1, 0.15) is 43.1 Å². The van der Waals surface area contributed by atoms with Crippen LogP contribution in [0.25, 0.3) is 67.2 Å². The summed E-state index contributed by atoms with van der Waals surface area (Å²) in [6.45, 7) is 3.09. The molecule has 0 saturated heterocycles. The molecule has 11 rings (SSSR count). The number of nitrogen functional groups attached to an aromatic ring is 1. The molecule has 0 radical (unpaired) electrons. The molecule has 432 valence electrons. The quantitative estimate of drug-likeness (QED) is 0.0407. The first-order valence-corrected chi connectivity index (χ1v) is 26.4. The molecule has 23 heteroatoms. The fourth-order valence-corrected chi connectivity index (χ4v) is 7.91. The van der Waals surface area contributed by atoms with Gasteiger partial charge >= 0.3 is 11.9 Å². The summed E-state index contributed by atoms with van der Waals surface area (Å²) < 4.78 is 3.41. The zero-order valence-electron chi connectivity index (χ0n) is 46.9. The summed E-state index contributed by atoms with van der Waals surface area (Å²) in [6.07, 6.45) is 13.3. The third-order valence-corrected chi connectivity index (χ3v) is 12.2. The van der Waals surface area contributed by atoms with Crippen molar-refractivity contribution < 1.29 is 34.2 Å². The SMILES string of the molecule is CN(C)CCN.CN(C)CCNC(=O)c1cccc(-c2cnc3c(-c4ccccc4)cnn3c2)n1.Nc1[nH]ncc1-c1ccccc1.O=C(O)c1cccc(-c2cnc3c(-c4ccccc4)cnn3c2)n1.O=CC(C=O)c1cccc(C(=O)O)n1. The van der Waals surface area contributed by atoms with E-state index in [1.54, 1.807) is 58.2 Å². The summed E-state index contributed by atoms with van der Waals surface area (Å²) in [5, 5.41) is 35.9. The number of carboxylic acid groups (broad SMARTS) is 2. The molecule has 0 spiro atoms. The standard InChI is InChI=1S/C22H22N6O.C18H12N4O2.C9H9N3.C9H7NO4.C4H12N2/c1-27(2)12-11-23-22(29)20-10-6-9-19(26-20)17-13-24-21-18(14-25-28(21)15-17)16-7-4-3-5-8-16;23-18(24)16-8-4-7-15(21-16)13-9-19-17-14(10-20-22(17)11-13)12-5-2-1-3-6-12;10-9-8(6-11-12-9)7-4-2-1-3-5-7;11-4-6(5-12)7-2-1-3-8(10-7)9(13)14;1-6(2)4-3-5/h3-10,13-15H,11-12H2,1-2H3,(H,23,29);1-11H,(H,23,24);1-6H,(H3,10,11,12);1-6H,(H,13,14);3-5H2,1-2H3. The topological polar surface area (TPSA) is 324 Å². The molecule has 0 saturated carbocycles. The van der Waals surface area contributed by atoms with Crippen LogP contribution >= 0.6 is 0 Å². The van der Waals surface area contributed by atoms with E-state index in [0.29, 0.717) is 47.6 Å². The van der Waals surface area contributed by atoms with E-state index in [9.17, 15) is 24.0 Å². The number of pyridine rings is 3. The fourth-order valence-electron chi connectivity index (χ4n) is 7.91. The lowest BCUT2D eigenvalue weighted by atomic mass is 10.1. The first-order valence-electron chi connectivity index (χ1n) is 26.4. The van der Waals surface area contributed by atoms with E-state index in [0.717, 1.165) is 69.9 Å². The van der Waals surface area contributed by atoms with E-state index in [1.165, 1.54) is 24.3 Å². The second-order valence-electron chi connectivity index (χ2n) is 19.0. The van der Waals surface area contributed by atoms with Gasteiger partial charge in [-0.3, -0.25) is 9.89 Å². The van der Waals surface area contributed by atoms with Crippen LogP contribution in [0.2, 0.25) is 0 Å². The lowest BCUT2D eigenvalue weighted by Crippen LogP contribution is -2.31. The number of H-pyrrole nitrogens is 1. The summed E-state index contributed by atoms with van der Waals surface area (Å²) in [6, 6.07) is 44.3. The number of aromatic carboxylic acids is 2. The van der Waals surface area contributed by atoms with Crippen molar-refractivity contribution >= 4 is 47.5 Å². The van der Waals surface area contributed by atoms with Gasteiger partial charge in [0.15, 0.2) is 11.3 Å². The van der Waals surface area contributed by atoms with Crippen molar-refractivity contribution in [1.82, 2.24) is 69.5 Å². The third kappa shape index (κ3) is 17.3. The number of amides is 1. The van der Waals surface area contributed by atoms with E-state index in [-0.39, 0.29) is 23.0 Å². The highest BCUT2D eigenvalue weighted by Crippen LogP contribution is 2.27. The summed E-state index contributed by atoms with van der Waals surface area (Å²) in [5.74, 6) is -2.82. The average Bonchev–Trinajstić information content (AvgIpc) is 2.56. The Labute approximate surface area is 488 Å². The molecule has 85 heavy (non-hydrogen) atoms. The van der Waals surface area contributed by atoms with Crippen LogP contribution in [0, 0.1) is 0 Å². The smallest absolute Gasteiger partial charge is 0.354 e. The van der Waals surface area contributed by atoms with Crippen LogP contribution in [-0.4, -0.2) is 159 Å². The molecule has 0 aliphatic rings. The fraction of sp³-hybridized carbons (Fsp3) is 0.145. The Bertz CT molecular complexity index is 3960. The van der Waals surface area contributed by atoms with Gasteiger partial charge < -0.3 is 46.4 Å². The molecule has 3 aromatic carbocycles. The molecule has 8 aromatic heterocycles. The van der Waals surface area contributed by atoms with Gasteiger partial charge in [-0.05, 0) is 81.3 Å². The highest BCUT2D eigenvalue weighted by Gasteiger charge is 2.16. The zero-order chi connectivity index (χ0) is 60.7. The predicted octanol–water partition coefficient (Wildman–Crippen LogP) is 7.33. The molecule has 1 amide bonds. The molecule has 0 aliphatic heterocycles. The Hall–Kier alpha value is -11.0. The number of carbonyl (C=O) groups is 5. The first-order chi connectivity index (χ1) is 41.2. The van der Waals surface area contributed by atoms with E-state index >= 15 is 0 Å². The first kappa shape index (κ1) is 61.6.